The van der Waals surface area contributed by atoms with E-state index in [1.54, 1.807) is 24.3 Å². The highest BCUT2D eigenvalue weighted by Crippen LogP contribution is 2.21. The van der Waals surface area contributed by atoms with Crippen molar-refractivity contribution >= 4 is 21.8 Å². The third kappa shape index (κ3) is 4.14. The Balaban J connectivity index is 2.25. The van der Waals surface area contributed by atoms with E-state index < -0.39 is 22.4 Å². The van der Waals surface area contributed by atoms with Crippen molar-refractivity contribution in [1.82, 2.24) is 0 Å². The lowest BCUT2D eigenvalue weighted by atomic mass is 10.2. The quantitative estimate of drug-likeness (QED) is 0.892. The maximum absolute atomic E-state index is 13.7. The van der Waals surface area contributed by atoms with E-state index in [2.05, 4.69) is 4.72 Å². The summed E-state index contributed by atoms with van der Waals surface area (Å²) >= 11 is 0. The molecule has 0 saturated heterocycles. The molecule has 21 heavy (non-hydrogen) atoms. The second-order valence-electron chi connectivity index (χ2n) is 4.29. The molecule has 0 saturated carbocycles. The first-order valence-electron chi connectivity index (χ1n) is 6.16. The molecule has 0 atom stereocenters. The predicted octanol–water partition coefficient (Wildman–Crippen LogP) is 2.73. The van der Waals surface area contributed by atoms with Crippen LogP contribution in [0.4, 0.5) is 10.1 Å². The van der Waals surface area contributed by atoms with E-state index in [9.17, 15) is 12.8 Å². The lowest BCUT2D eigenvalue weighted by molar-refractivity contribution is 0.282. The van der Waals surface area contributed by atoms with E-state index in [4.69, 9.17) is 5.11 Å². The molecule has 0 fully saturated rings. The Morgan fingerprint density at radius 1 is 1.10 bits per heavy atom. The van der Waals surface area contributed by atoms with Crippen molar-refractivity contribution < 1.29 is 17.9 Å². The molecule has 0 spiro atoms. The van der Waals surface area contributed by atoms with Crippen molar-refractivity contribution in [2.45, 2.75) is 6.61 Å². The molecule has 6 heteroatoms. The van der Waals surface area contributed by atoms with Crippen molar-refractivity contribution in [3.63, 3.8) is 0 Å². The van der Waals surface area contributed by atoms with Crippen LogP contribution in [0.5, 0.6) is 0 Å². The van der Waals surface area contributed by atoms with E-state index >= 15 is 0 Å². The average molecular weight is 307 g/mol. The number of sulfonamides is 1. The lowest BCUT2D eigenvalue weighted by Gasteiger charge is -2.10. The van der Waals surface area contributed by atoms with E-state index in [0.29, 0.717) is 5.56 Å². The summed E-state index contributed by atoms with van der Waals surface area (Å²) in [6.45, 7) is -0.460. The van der Waals surface area contributed by atoms with Crippen LogP contribution in [0, 0.1) is 5.82 Å². The molecule has 0 aliphatic heterocycles. The monoisotopic (exact) mass is 307 g/mol. The summed E-state index contributed by atoms with van der Waals surface area (Å²) in [5.41, 5.74) is 0.642. The highest BCUT2D eigenvalue weighted by molar-refractivity contribution is 7.95. The SMILES string of the molecule is O=S(=O)(/C=C/c1ccccc1)Nc1c(F)cccc1CO. The molecule has 2 rings (SSSR count). The summed E-state index contributed by atoms with van der Waals surface area (Å²) in [7, 11) is -3.87. The van der Waals surface area contributed by atoms with E-state index in [1.165, 1.54) is 18.2 Å². The van der Waals surface area contributed by atoms with E-state index in [1.807, 2.05) is 6.07 Å². The third-order valence-electron chi connectivity index (χ3n) is 2.75. The number of aliphatic hydroxyl groups excluding tert-OH is 1. The van der Waals surface area contributed by atoms with Crippen LogP contribution in [0.15, 0.2) is 53.9 Å². The van der Waals surface area contributed by atoms with E-state index in [0.717, 1.165) is 11.5 Å². The number of halogens is 1. The van der Waals surface area contributed by atoms with Gasteiger partial charge in [-0.2, -0.15) is 0 Å². The Morgan fingerprint density at radius 2 is 1.81 bits per heavy atom. The zero-order valence-corrected chi connectivity index (χ0v) is 11.8. The van der Waals surface area contributed by atoms with Gasteiger partial charge in [0.1, 0.15) is 5.82 Å². The minimum absolute atomic E-state index is 0.173. The molecule has 0 radical (unpaired) electrons. The number of rotatable bonds is 5. The van der Waals surface area contributed by atoms with Gasteiger partial charge in [-0.25, -0.2) is 12.8 Å². The van der Waals surface area contributed by atoms with Gasteiger partial charge >= 0.3 is 0 Å². The minimum atomic E-state index is -3.87. The molecule has 0 amide bonds. The molecular formula is C15H14FNO3S. The van der Waals surface area contributed by atoms with Gasteiger partial charge in [-0.15, -0.1) is 0 Å². The van der Waals surface area contributed by atoms with Gasteiger partial charge in [0, 0.05) is 5.56 Å². The van der Waals surface area contributed by atoms with E-state index in [-0.39, 0.29) is 11.3 Å². The number of para-hydroxylation sites is 1. The van der Waals surface area contributed by atoms with Gasteiger partial charge in [0.05, 0.1) is 17.7 Å². The van der Waals surface area contributed by atoms with Crippen LogP contribution < -0.4 is 4.72 Å². The number of aliphatic hydroxyl groups is 1. The van der Waals surface area contributed by atoms with Crippen LogP contribution >= 0.6 is 0 Å². The van der Waals surface area contributed by atoms with Crippen LogP contribution in [0.2, 0.25) is 0 Å². The standard InChI is InChI=1S/C15H14FNO3S/c16-14-8-4-7-13(11-18)15(14)17-21(19,20)10-9-12-5-2-1-3-6-12/h1-10,17-18H,11H2/b10-9+. The molecule has 0 unspecified atom stereocenters. The first-order chi connectivity index (χ1) is 10.0. The minimum Gasteiger partial charge on any atom is -0.392 e. The molecular weight excluding hydrogens is 293 g/mol. The highest BCUT2D eigenvalue weighted by atomic mass is 32.2. The van der Waals surface area contributed by atoms with Gasteiger partial charge in [-0.1, -0.05) is 42.5 Å². The molecule has 110 valence electrons. The van der Waals surface area contributed by atoms with Crippen LogP contribution in [0.3, 0.4) is 0 Å². The Labute approximate surface area is 122 Å². The van der Waals surface area contributed by atoms with Gasteiger partial charge in [0.2, 0.25) is 0 Å². The van der Waals surface area contributed by atoms with Crippen LogP contribution in [0.25, 0.3) is 6.08 Å². The summed E-state index contributed by atoms with van der Waals surface area (Å²) in [6.07, 6.45) is 1.40. The van der Waals surface area contributed by atoms with Gasteiger partial charge in [-0.05, 0) is 17.7 Å². The molecule has 4 nitrogen and oxygen atoms in total. The third-order valence-corrected chi connectivity index (χ3v) is 3.74. The number of hydrogen-bond acceptors (Lipinski definition) is 3. The summed E-state index contributed by atoms with van der Waals surface area (Å²) in [6, 6.07) is 12.8. The number of anilines is 1. The first-order valence-corrected chi connectivity index (χ1v) is 7.70. The number of benzene rings is 2. The second-order valence-corrected chi connectivity index (χ2v) is 5.86. The zero-order valence-electron chi connectivity index (χ0n) is 11.0. The van der Waals surface area contributed by atoms with Crippen molar-refractivity contribution in [2.24, 2.45) is 0 Å². The average Bonchev–Trinajstić information content (AvgIpc) is 2.48. The summed E-state index contributed by atoms with van der Waals surface area (Å²) in [4.78, 5) is 0. The van der Waals surface area contributed by atoms with Gasteiger partial charge in [0.25, 0.3) is 10.0 Å². The van der Waals surface area contributed by atoms with Gasteiger partial charge in [0.15, 0.2) is 0 Å². The normalized spacial score (nSPS) is 11.7. The molecule has 0 aliphatic carbocycles. The predicted molar refractivity (Wildman–Crippen MR) is 80.3 cm³/mol. The molecule has 0 heterocycles. The van der Waals surface area contributed by atoms with Crippen molar-refractivity contribution in [1.29, 1.82) is 0 Å². The first kappa shape index (κ1) is 15.2. The Kier molecular flexibility index (Phi) is 4.72. The second kappa shape index (κ2) is 6.51. The van der Waals surface area contributed by atoms with Crippen molar-refractivity contribution in [3.8, 4) is 0 Å². The lowest BCUT2D eigenvalue weighted by Crippen LogP contribution is -2.12. The Hall–Kier alpha value is -2.18. The van der Waals surface area contributed by atoms with Crippen LogP contribution in [0.1, 0.15) is 11.1 Å². The highest BCUT2D eigenvalue weighted by Gasteiger charge is 2.13. The molecule has 0 aromatic heterocycles. The Bertz CT molecular complexity index is 743. The number of hydrogen-bond donors (Lipinski definition) is 2. The smallest absolute Gasteiger partial charge is 0.255 e. The van der Waals surface area contributed by atoms with Crippen LogP contribution in [-0.2, 0) is 16.6 Å². The van der Waals surface area contributed by atoms with Gasteiger partial charge < -0.3 is 5.11 Å². The summed E-state index contributed by atoms with van der Waals surface area (Å²) in [5.74, 6) is -0.738. The van der Waals surface area contributed by atoms with Gasteiger partial charge in [-0.3, -0.25) is 4.72 Å². The molecule has 0 bridgehead atoms. The maximum Gasteiger partial charge on any atom is 0.255 e. The van der Waals surface area contributed by atoms with Crippen molar-refractivity contribution in [3.05, 3.63) is 70.9 Å². The summed E-state index contributed by atoms with van der Waals surface area (Å²) < 4.78 is 39.7. The maximum atomic E-state index is 13.7. The Morgan fingerprint density at radius 3 is 2.48 bits per heavy atom. The zero-order chi connectivity index (χ0) is 15.3. The largest absolute Gasteiger partial charge is 0.392 e. The fraction of sp³-hybridized carbons (Fsp3) is 0.0667. The molecule has 0 aliphatic rings. The van der Waals surface area contributed by atoms with Crippen LogP contribution in [-0.4, -0.2) is 13.5 Å². The topological polar surface area (TPSA) is 66.4 Å². The molecule has 2 N–H and O–H groups in total. The fourth-order valence-corrected chi connectivity index (χ4v) is 2.64. The molecule has 2 aromatic carbocycles. The fourth-order valence-electron chi connectivity index (χ4n) is 1.72. The van der Waals surface area contributed by atoms with Crippen molar-refractivity contribution in [2.75, 3.05) is 4.72 Å². The number of nitrogens with one attached hydrogen (secondary N) is 1. The molecule has 2 aromatic rings. The summed E-state index contributed by atoms with van der Waals surface area (Å²) in [5, 5.41) is 10.1.